The van der Waals surface area contributed by atoms with Crippen molar-refractivity contribution in [3.05, 3.63) is 35.9 Å². The lowest BCUT2D eigenvalue weighted by molar-refractivity contribution is -0.162. The van der Waals surface area contributed by atoms with Crippen LogP contribution < -0.4 is 0 Å². The number of aliphatic imine (C=N–C) groups is 2. The third-order valence-corrected chi connectivity index (χ3v) is 2.81. The minimum absolute atomic E-state index is 0.303. The van der Waals surface area contributed by atoms with E-state index >= 15 is 0 Å². The van der Waals surface area contributed by atoms with Gasteiger partial charge < -0.3 is 0 Å². The van der Waals surface area contributed by atoms with E-state index in [0.29, 0.717) is 0 Å². The maximum Gasteiger partial charge on any atom is 0.432 e. The molecule has 0 fully saturated rings. The molecule has 1 rings (SSSR count). The molecule has 9 heteroatoms. The Morgan fingerprint density at radius 3 is 1.95 bits per heavy atom. The number of alkyl halides is 4. The molecule has 0 N–H and O–H groups in total. The van der Waals surface area contributed by atoms with Gasteiger partial charge in [-0.05, 0) is 34.8 Å². The first-order valence-corrected chi connectivity index (χ1v) is 6.14. The van der Waals surface area contributed by atoms with E-state index in [1.165, 1.54) is 30.3 Å². The van der Waals surface area contributed by atoms with Gasteiger partial charge in [0, 0.05) is 5.56 Å². The highest BCUT2D eigenvalue weighted by atomic mass is 35.5. The average Bonchev–Trinajstić information content (AvgIpc) is 2.27. The highest BCUT2D eigenvalue weighted by molar-refractivity contribution is 6.96. The maximum absolute atomic E-state index is 13.1. The smallest absolute Gasteiger partial charge is 0.218 e. The van der Waals surface area contributed by atoms with Crippen molar-refractivity contribution in [1.82, 2.24) is 0 Å². The number of halogens is 7. The zero-order valence-corrected chi connectivity index (χ0v) is 12.0. The number of amidine groups is 1. The Hall–Kier alpha value is -0.490. The molecule has 0 aliphatic heterocycles. The normalized spacial score (nSPS) is 15.8. The molecule has 0 heterocycles. The Morgan fingerprint density at radius 2 is 1.53 bits per heavy atom. The number of rotatable bonds is 2. The van der Waals surface area contributed by atoms with Gasteiger partial charge in [0.15, 0.2) is 4.63 Å². The van der Waals surface area contributed by atoms with Crippen molar-refractivity contribution in [1.29, 1.82) is 0 Å². The molecule has 19 heavy (non-hydrogen) atoms. The van der Waals surface area contributed by atoms with Gasteiger partial charge in [-0.2, -0.15) is 18.2 Å². The highest BCUT2D eigenvalue weighted by Crippen LogP contribution is 2.46. The predicted molar refractivity (Wildman–Crippen MR) is 72.5 cm³/mol. The zero-order valence-electron chi connectivity index (χ0n) is 8.93. The second-order valence-corrected chi connectivity index (χ2v) is 5.01. The summed E-state index contributed by atoms with van der Waals surface area (Å²) >= 11 is 21.4. The molecular weight excluding hydrogens is 347 g/mol. The summed E-state index contributed by atoms with van der Waals surface area (Å²) in [6.45, 7) is 0. The van der Waals surface area contributed by atoms with E-state index in [1.807, 2.05) is 0 Å². The topological polar surface area (TPSA) is 24.7 Å². The molecule has 0 saturated heterocycles. The van der Waals surface area contributed by atoms with E-state index in [0.717, 1.165) is 0 Å². The summed E-state index contributed by atoms with van der Waals surface area (Å²) in [5.74, 6) is 0. The fraction of sp³-hybridized carbons (Fsp3) is 0.200. The van der Waals surface area contributed by atoms with Crippen molar-refractivity contribution in [2.45, 2.75) is 11.2 Å². The third kappa shape index (κ3) is 4.24. The van der Waals surface area contributed by atoms with E-state index < -0.39 is 21.1 Å². The molecular formula is C10H5Cl4F3N2. The fourth-order valence-corrected chi connectivity index (χ4v) is 1.88. The van der Waals surface area contributed by atoms with Gasteiger partial charge in [0.2, 0.25) is 5.29 Å². The van der Waals surface area contributed by atoms with Crippen LogP contribution in [0.2, 0.25) is 0 Å². The highest BCUT2D eigenvalue weighted by Gasteiger charge is 2.55. The first-order chi connectivity index (χ1) is 8.67. The van der Waals surface area contributed by atoms with Crippen LogP contribution in [0.15, 0.2) is 40.3 Å². The van der Waals surface area contributed by atoms with Gasteiger partial charge in [-0.15, -0.1) is 0 Å². The van der Waals surface area contributed by atoms with Crippen molar-refractivity contribution >= 4 is 56.3 Å². The molecule has 1 atom stereocenters. The zero-order chi connectivity index (χ0) is 14.7. The van der Waals surface area contributed by atoms with Crippen LogP contribution in [0.25, 0.3) is 0 Å². The number of hydrogen-bond donors (Lipinski definition) is 0. The first-order valence-electron chi connectivity index (χ1n) is 4.63. The second kappa shape index (κ2) is 6.31. The van der Waals surface area contributed by atoms with Crippen molar-refractivity contribution < 1.29 is 13.2 Å². The molecule has 0 amide bonds. The standard InChI is InChI=1S/C10H5Cl4F3N2/c11-7(12)18-8(13)19-9(14,10(15,16)17)6-4-2-1-3-5-6/h1-5H. The van der Waals surface area contributed by atoms with Crippen LogP contribution in [-0.2, 0) is 5.00 Å². The quantitative estimate of drug-likeness (QED) is 0.307. The molecule has 1 unspecified atom stereocenters. The average molecular weight is 352 g/mol. The number of benzene rings is 1. The summed E-state index contributed by atoms with van der Waals surface area (Å²) < 4.78 is 38.6. The molecule has 0 spiro atoms. The van der Waals surface area contributed by atoms with Gasteiger partial charge in [0.05, 0.1) is 0 Å². The molecule has 1 aromatic carbocycles. The lowest BCUT2D eigenvalue weighted by Gasteiger charge is -2.25. The maximum atomic E-state index is 13.1. The van der Waals surface area contributed by atoms with Crippen LogP contribution in [0.1, 0.15) is 5.56 Å². The molecule has 0 aromatic heterocycles. The fourth-order valence-electron chi connectivity index (χ4n) is 1.17. The Morgan fingerprint density at radius 1 is 1.00 bits per heavy atom. The Balaban J connectivity index is 3.35. The minimum Gasteiger partial charge on any atom is -0.218 e. The molecule has 1 aromatic rings. The van der Waals surface area contributed by atoms with Crippen LogP contribution >= 0.6 is 46.4 Å². The molecule has 104 valence electrons. The van der Waals surface area contributed by atoms with Gasteiger partial charge >= 0.3 is 6.18 Å². The van der Waals surface area contributed by atoms with Crippen LogP contribution in [0.3, 0.4) is 0 Å². The molecule has 0 aliphatic carbocycles. The van der Waals surface area contributed by atoms with Crippen LogP contribution in [0, 0.1) is 0 Å². The van der Waals surface area contributed by atoms with Crippen molar-refractivity contribution in [3.8, 4) is 0 Å². The third-order valence-electron chi connectivity index (χ3n) is 1.96. The molecule has 0 saturated carbocycles. The molecule has 2 nitrogen and oxygen atoms in total. The number of hydrogen-bond acceptors (Lipinski definition) is 1. The summed E-state index contributed by atoms with van der Waals surface area (Å²) in [6, 6.07) is 6.65. The summed E-state index contributed by atoms with van der Waals surface area (Å²) in [5.41, 5.74) is -0.303. The van der Waals surface area contributed by atoms with E-state index in [4.69, 9.17) is 46.4 Å². The molecule has 0 radical (unpaired) electrons. The van der Waals surface area contributed by atoms with Crippen LogP contribution in [0.4, 0.5) is 13.2 Å². The minimum atomic E-state index is -4.88. The lowest BCUT2D eigenvalue weighted by Crippen LogP contribution is -2.35. The van der Waals surface area contributed by atoms with Crippen molar-refractivity contribution in [3.63, 3.8) is 0 Å². The van der Waals surface area contributed by atoms with Crippen molar-refractivity contribution in [2.24, 2.45) is 9.98 Å². The van der Waals surface area contributed by atoms with Gasteiger partial charge in [-0.1, -0.05) is 41.9 Å². The van der Waals surface area contributed by atoms with Crippen LogP contribution in [0.5, 0.6) is 0 Å². The van der Waals surface area contributed by atoms with E-state index in [-0.39, 0.29) is 5.56 Å². The van der Waals surface area contributed by atoms with Gasteiger partial charge in [0.1, 0.15) is 0 Å². The summed E-state index contributed by atoms with van der Waals surface area (Å²) in [4.78, 5) is 3.28. The summed E-state index contributed by atoms with van der Waals surface area (Å²) in [5, 5.41) is -0.809. The predicted octanol–water partition coefficient (Wildman–Crippen LogP) is 5.07. The summed E-state index contributed by atoms with van der Waals surface area (Å²) in [7, 11) is 0. The Labute approximate surface area is 126 Å². The SMILES string of the molecule is FC(F)(F)C(Cl)(N=C(Cl)N=C(Cl)Cl)c1ccccc1. The van der Waals surface area contributed by atoms with Gasteiger partial charge in [-0.3, -0.25) is 0 Å². The van der Waals surface area contributed by atoms with E-state index in [2.05, 4.69) is 9.98 Å². The molecule has 0 bridgehead atoms. The van der Waals surface area contributed by atoms with Gasteiger partial charge in [0.25, 0.3) is 5.00 Å². The molecule has 0 aliphatic rings. The summed E-state index contributed by atoms with van der Waals surface area (Å²) in [6.07, 6.45) is -4.88. The number of nitrogens with zero attached hydrogens (tertiary/aromatic N) is 2. The second-order valence-electron chi connectivity index (χ2n) is 3.22. The monoisotopic (exact) mass is 350 g/mol. The van der Waals surface area contributed by atoms with E-state index in [1.54, 1.807) is 0 Å². The lowest BCUT2D eigenvalue weighted by atomic mass is 10.1. The Kier molecular flexibility index (Phi) is 5.50. The largest absolute Gasteiger partial charge is 0.432 e. The van der Waals surface area contributed by atoms with Crippen molar-refractivity contribution in [2.75, 3.05) is 0 Å². The Bertz CT molecular complexity index is 497. The van der Waals surface area contributed by atoms with Gasteiger partial charge in [-0.25, -0.2) is 4.99 Å². The van der Waals surface area contributed by atoms with E-state index in [9.17, 15) is 13.2 Å². The first kappa shape index (κ1) is 16.6. The van der Waals surface area contributed by atoms with Crippen LogP contribution in [-0.4, -0.2) is 16.1 Å².